The molecule has 26 heavy (non-hydrogen) atoms. The van der Waals surface area contributed by atoms with E-state index in [0.717, 1.165) is 16.3 Å². The van der Waals surface area contributed by atoms with Crippen molar-refractivity contribution in [3.05, 3.63) is 66.2 Å². The van der Waals surface area contributed by atoms with Gasteiger partial charge in [-0.25, -0.2) is 8.42 Å². The highest BCUT2D eigenvalue weighted by Crippen LogP contribution is 2.32. The maximum atomic E-state index is 13.0. The van der Waals surface area contributed by atoms with Gasteiger partial charge in [0.15, 0.2) is 11.5 Å². The van der Waals surface area contributed by atoms with Crippen LogP contribution in [0, 0.1) is 0 Å². The van der Waals surface area contributed by atoms with Crippen LogP contribution in [0.15, 0.2) is 65.6 Å². The molecule has 0 unspecified atom stereocenters. The van der Waals surface area contributed by atoms with Gasteiger partial charge in [-0.2, -0.15) is 4.31 Å². The normalized spacial score (nSPS) is 11.7. The Labute approximate surface area is 153 Å². The van der Waals surface area contributed by atoms with Crippen molar-refractivity contribution in [2.45, 2.75) is 11.4 Å². The summed E-state index contributed by atoms with van der Waals surface area (Å²) < 4.78 is 38.0. The molecule has 0 heterocycles. The molecule has 0 aromatic heterocycles. The number of fused-ring (bicyclic) bond motifs is 1. The highest BCUT2D eigenvalue weighted by atomic mass is 32.2. The summed E-state index contributed by atoms with van der Waals surface area (Å²) in [7, 11) is 1.02. The van der Waals surface area contributed by atoms with E-state index in [1.807, 2.05) is 42.5 Å². The molecule has 0 spiro atoms. The molecule has 3 rings (SSSR count). The van der Waals surface area contributed by atoms with E-state index in [1.165, 1.54) is 4.31 Å². The van der Waals surface area contributed by atoms with Gasteiger partial charge in [0.25, 0.3) is 0 Å². The monoisotopic (exact) mass is 371 g/mol. The number of hydrogen-bond donors (Lipinski definition) is 0. The fourth-order valence-corrected chi connectivity index (χ4v) is 4.10. The summed E-state index contributed by atoms with van der Waals surface area (Å²) in [5.41, 5.74) is 0.735. The lowest BCUT2D eigenvalue weighted by molar-refractivity contribution is 0.347. The molecule has 6 heteroatoms. The van der Waals surface area contributed by atoms with Gasteiger partial charge < -0.3 is 9.47 Å². The van der Waals surface area contributed by atoms with Crippen LogP contribution in [-0.4, -0.2) is 34.0 Å². The second-order valence-corrected chi connectivity index (χ2v) is 7.97. The van der Waals surface area contributed by atoms with E-state index in [1.54, 1.807) is 39.5 Å². The van der Waals surface area contributed by atoms with Crippen LogP contribution in [0.2, 0.25) is 0 Å². The molecule has 0 saturated carbocycles. The number of ether oxygens (including phenoxy) is 2. The number of hydrogen-bond acceptors (Lipinski definition) is 4. The second-order valence-electron chi connectivity index (χ2n) is 5.92. The average molecular weight is 371 g/mol. The Kier molecular flexibility index (Phi) is 5.15. The molecular weight excluding hydrogens is 350 g/mol. The predicted octanol–water partition coefficient (Wildman–Crippen LogP) is 3.68. The summed E-state index contributed by atoms with van der Waals surface area (Å²) in [6, 6.07) is 18.3. The molecule has 5 nitrogen and oxygen atoms in total. The van der Waals surface area contributed by atoms with Gasteiger partial charge in [0.1, 0.15) is 0 Å². The van der Waals surface area contributed by atoms with Gasteiger partial charge in [-0.1, -0.05) is 42.5 Å². The Morgan fingerprint density at radius 2 is 1.62 bits per heavy atom. The Balaban J connectivity index is 1.94. The Hall–Kier alpha value is -2.57. The number of sulfonamides is 1. The van der Waals surface area contributed by atoms with E-state index in [0.29, 0.717) is 11.5 Å². The van der Waals surface area contributed by atoms with Crippen LogP contribution in [-0.2, 0) is 16.6 Å². The summed E-state index contributed by atoms with van der Waals surface area (Å²) in [6.07, 6.45) is 0. The van der Waals surface area contributed by atoms with Gasteiger partial charge in [0.2, 0.25) is 10.0 Å². The van der Waals surface area contributed by atoms with E-state index in [9.17, 15) is 8.42 Å². The molecule has 0 atom stereocenters. The second kappa shape index (κ2) is 7.35. The van der Waals surface area contributed by atoms with Gasteiger partial charge in [-0.3, -0.25) is 0 Å². The van der Waals surface area contributed by atoms with E-state index in [-0.39, 0.29) is 11.4 Å². The highest BCUT2D eigenvalue weighted by molar-refractivity contribution is 7.89. The molecule has 0 bridgehead atoms. The van der Waals surface area contributed by atoms with E-state index < -0.39 is 10.0 Å². The molecule has 0 radical (unpaired) electrons. The summed E-state index contributed by atoms with van der Waals surface area (Å²) in [4.78, 5) is 0.264. The number of para-hydroxylation sites is 1. The number of methoxy groups -OCH3 is 2. The summed E-state index contributed by atoms with van der Waals surface area (Å²) in [6.45, 7) is 0.176. The number of nitrogens with zero attached hydrogens (tertiary/aromatic N) is 1. The van der Waals surface area contributed by atoms with Crippen LogP contribution in [0.3, 0.4) is 0 Å². The van der Waals surface area contributed by atoms with Crippen LogP contribution in [0.5, 0.6) is 11.5 Å². The third-order valence-electron chi connectivity index (χ3n) is 4.31. The first-order valence-electron chi connectivity index (χ1n) is 8.12. The van der Waals surface area contributed by atoms with Crippen molar-refractivity contribution in [2.75, 3.05) is 21.3 Å². The third kappa shape index (κ3) is 3.38. The Morgan fingerprint density at radius 1 is 0.885 bits per heavy atom. The SMILES string of the molecule is COc1cccc(CN(C)S(=O)(=O)c2ccc3ccccc3c2)c1OC. The maximum absolute atomic E-state index is 13.0. The van der Waals surface area contributed by atoms with Crippen molar-refractivity contribution in [1.82, 2.24) is 4.31 Å². The summed E-state index contributed by atoms with van der Waals surface area (Å²) >= 11 is 0. The first-order chi connectivity index (χ1) is 12.5. The van der Waals surface area contributed by atoms with Crippen molar-refractivity contribution in [3.8, 4) is 11.5 Å². The summed E-state index contributed by atoms with van der Waals surface area (Å²) in [5.74, 6) is 1.11. The van der Waals surface area contributed by atoms with Crippen molar-refractivity contribution in [1.29, 1.82) is 0 Å². The van der Waals surface area contributed by atoms with Crippen molar-refractivity contribution in [3.63, 3.8) is 0 Å². The molecule has 136 valence electrons. The standard InChI is InChI=1S/C20H21NO4S/c1-21(14-17-9-6-10-19(24-2)20(17)25-3)26(22,23)18-12-11-15-7-4-5-8-16(15)13-18/h4-13H,14H2,1-3H3. The molecule has 0 aliphatic carbocycles. The van der Waals surface area contributed by atoms with E-state index in [2.05, 4.69) is 0 Å². The topological polar surface area (TPSA) is 55.8 Å². The number of benzene rings is 3. The fraction of sp³-hybridized carbons (Fsp3) is 0.200. The zero-order chi connectivity index (χ0) is 18.7. The van der Waals surface area contributed by atoms with Crippen LogP contribution in [0.1, 0.15) is 5.56 Å². The van der Waals surface area contributed by atoms with Crippen molar-refractivity contribution < 1.29 is 17.9 Å². The fourth-order valence-electron chi connectivity index (χ4n) is 2.91. The Bertz CT molecular complexity index is 1030. The largest absolute Gasteiger partial charge is 0.493 e. The molecule has 0 aliphatic rings. The van der Waals surface area contributed by atoms with Gasteiger partial charge in [-0.05, 0) is 29.0 Å². The third-order valence-corrected chi connectivity index (χ3v) is 6.11. The minimum atomic E-state index is -3.64. The van der Waals surface area contributed by atoms with Gasteiger partial charge in [0.05, 0.1) is 19.1 Å². The molecule has 0 amide bonds. The van der Waals surface area contributed by atoms with Crippen molar-refractivity contribution >= 4 is 20.8 Å². The lowest BCUT2D eigenvalue weighted by atomic mass is 10.1. The lowest BCUT2D eigenvalue weighted by Crippen LogP contribution is -2.26. The smallest absolute Gasteiger partial charge is 0.243 e. The van der Waals surface area contributed by atoms with Crippen LogP contribution >= 0.6 is 0 Å². The molecule has 0 saturated heterocycles. The van der Waals surface area contributed by atoms with Gasteiger partial charge in [0, 0.05) is 19.2 Å². The molecule has 0 aliphatic heterocycles. The van der Waals surface area contributed by atoms with Crippen LogP contribution < -0.4 is 9.47 Å². The van der Waals surface area contributed by atoms with Crippen molar-refractivity contribution in [2.24, 2.45) is 0 Å². The van der Waals surface area contributed by atoms with E-state index in [4.69, 9.17) is 9.47 Å². The minimum Gasteiger partial charge on any atom is -0.493 e. The molecule has 0 N–H and O–H groups in total. The first-order valence-corrected chi connectivity index (χ1v) is 9.56. The predicted molar refractivity (Wildman–Crippen MR) is 102 cm³/mol. The lowest BCUT2D eigenvalue weighted by Gasteiger charge is -2.20. The zero-order valence-corrected chi connectivity index (χ0v) is 15.8. The van der Waals surface area contributed by atoms with Crippen LogP contribution in [0.25, 0.3) is 10.8 Å². The minimum absolute atomic E-state index is 0.176. The first kappa shape index (κ1) is 18.2. The quantitative estimate of drug-likeness (QED) is 0.663. The number of rotatable bonds is 6. The molecule has 0 fully saturated rings. The average Bonchev–Trinajstić information content (AvgIpc) is 2.67. The Morgan fingerprint density at radius 3 is 2.31 bits per heavy atom. The van der Waals surface area contributed by atoms with Crippen LogP contribution in [0.4, 0.5) is 0 Å². The van der Waals surface area contributed by atoms with E-state index >= 15 is 0 Å². The zero-order valence-electron chi connectivity index (χ0n) is 15.0. The van der Waals surface area contributed by atoms with Gasteiger partial charge in [-0.15, -0.1) is 0 Å². The maximum Gasteiger partial charge on any atom is 0.243 e. The molecular formula is C20H21NO4S. The summed E-state index contributed by atoms with van der Waals surface area (Å²) in [5, 5.41) is 1.89. The molecule has 3 aromatic carbocycles. The van der Waals surface area contributed by atoms with Gasteiger partial charge >= 0.3 is 0 Å². The highest BCUT2D eigenvalue weighted by Gasteiger charge is 2.23. The molecule has 3 aromatic rings.